The summed E-state index contributed by atoms with van der Waals surface area (Å²) in [5, 5.41) is 0. The van der Waals surface area contributed by atoms with Gasteiger partial charge >= 0.3 is 6.09 Å². The Morgan fingerprint density at radius 2 is 2.05 bits per heavy atom. The van der Waals surface area contributed by atoms with Crippen molar-refractivity contribution in [2.45, 2.75) is 38.1 Å². The van der Waals surface area contributed by atoms with Crippen LogP contribution in [-0.2, 0) is 9.53 Å². The number of hydrogen-bond acceptors (Lipinski definition) is 3. The molecule has 0 bridgehead atoms. The fraction of sp³-hybridized carbons (Fsp3) is 0.500. The number of likely N-dealkylation sites (tertiary alicyclic amines) is 1. The standard InChI is InChI=1S/C16H22N2O3/c1-2-21-16(20)18-11-7-6-10-13(18)14(15(17)19)12-8-4-3-5-9-12/h3-5,8-9,13-14H,2,6-7,10-11H2,1H3,(H2,17,19). The Morgan fingerprint density at radius 1 is 1.33 bits per heavy atom. The van der Waals surface area contributed by atoms with Gasteiger partial charge in [0.15, 0.2) is 0 Å². The molecule has 21 heavy (non-hydrogen) atoms. The third-order valence-corrected chi connectivity index (χ3v) is 3.90. The second kappa shape index (κ2) is 7.11. The van der Waals surface area contributed by atoms with Crippen LogP contribution in [0.1, 0.15) is 37.7 Å². The highest BCUT2D eigenvalue weighted by atomic mass is 16.6. The van der Waals surface area contributed by atoms with Crippen molar-refractivity contribution >= 4 is 12.0 Å². The van der Waals surface area contributed by atoms with E-state index in [2.05, 4.69) is 0 Å². The predicted octanol–water partition coefficient (Wildman–Crippen LogP) is 2.27. The van der Waals surface area contributed by atoms with Crippen LogP contribution in [0.25, 0.3) is 0 Å². The largest absolute Gasteiger partial charge is 0.450 e. The van der Waals surface area contributed by atoms with E-state index in [1.165, 1.54) is 0 Å². The molecule has 5 nitrogen and oxygen atoms in total. The fourth-order valence-corrected chi connectivity index (χ4v) is 2.97. The number of ether oxygens (including phenoxy) is 1. The first-order valence-corrected chi connectivity index (χ1v) is 7.42. The first-order valence-electron chi connectivity index (χ1n) is 7.42. The molecule has 1 heterocycles. The van der Waals surface area contributed by atoms with Crippen molar-refractivity contribution in [1.29, 1.82) is 0 Å². The van der Waals surface area contributed by atoms with Crippen LogP contribution in [0.4, 0.5) is 4.79 Å². The van der Waals surface area contributed by atoms with Gasteiger partial charge in [0.25, 0.3) is 0 Å². The zero-order valence-electron chi connectivity index (χ0n) is 12.3. The number of rotatable bonds is 4. The summed E-state index contributed by atoms with van der Waals surface area (Å²) >= 11 is 0. The SMILES string of the molecule is CCOC(=O)N1CCCCC1C(C(N)=O)c1ccccc1. The molecule has 2 amide bonds. The Labute approximate surface area is 125 Å². The highest BCUT2D eigenvalue weighted by molar-refractivity contribution is 5.83. The van der Waals surface area contributed by atoms with Crippen LogP contribution >= 0.6 is 0 Å². The van der Waals surface area contributed by atoms with Gasteiger partial charge in [-0.25, -0.2) is 4.79 Å². The molecule has 1 aromatic carbocycles. The Kier molecular flexibility index (Phi) is 5.20. The van der Waals surface area contributed by atoms with Gasteiger partial charge < -0.3 is 15.4 Å². The van der Waals surface area contributed by atoms with Crippen LogP contribution < -0.4 is 5.73 Å². The van der Waals surface area contributed by atoms with Crippen LogP contribution in [0.3, 0.4) is 0 Å². The first-order chi connectivity index (χ1) is 10.1. The lowest BCUT2D eigenvalue weighted by molar-refractivity contribution is -0.121. The third kappa shape index (κ3) is 3.54. The highest BCUT2D eigenvalue weighted by Gasteiger charge is 2.37. The predicted molar refractivity (Wildman–Crippen MR) is 79.7 cm³/mol. The quantitative estimate of drug-likeness (QED) is 0.924. The van der Waals surface area contributed by atoms with Gasteiger partial charge in [0.1, 0.15) is 0 Å². The minimum atomic E-state index is -0.490. The molecule has 0 radical (unpaired) electrons. The molecule has 5 heteroatoms. The summed E-state index contributed by atoms with van der Waals surface area (Å²) in [6, 6.07) is 9.19. The number of carbonyl (C=O) groups is 2. The molecule has 2 unspecified atom stereocenters. The number of nitrogens with zero attached hydrogens (tertiary/aromatic N) is 1. The lowest BCUT2D eigenvalue weighted by Crippen LogP contribution is -2.50. The summed E-state index contributed by atoms with van der Waals surface area (Å²) in [4.78, 5) is 25.7. The maximum absolute atomic E-state index is 12.1. The number of nitrogens with two attached hydrogens (primary N) is 1. The highest BCUT2D eigenvalue weighted by Crippen LogP contribution is 2.30. The molecule has 2 atom stereocenters. The van der Waals surface area contributed by atoms with Crippen LogP contribution in [-0.4, -0.2) is 36.1 Å². The van der Waals surface area contributed by atoms with Gasteiger partial charge in [-0.3, -0.25) is 4.79 Å². The van der Waals surface area contributed by atoms with E-state index >= 15 is 0 Å². The monoisotopic (exact) mass is 290 g/mol. The van der Waals surface area contributed by atoms with E-state index in [4.69, 9.17) is 10.5 Å². The molecule has 2 rings (SSSR count). The second-order valence-corrected chi connectivity index (χ2v) is 5.25. The Hall–Kier alpha value is -2.04. The number of hydrogen-bond donors (Lipinski definition) is 1. The molecule has 0 aromatic heterocycles. The summed E-state index contributed by atoms with van der Waals surface area (Å²) < 4.78 is 5.11. The molecule has 0 aliphatic carbocycles. The molecule has 1 aliphatic heterocycles. The summed E-state index contributed by atoms with van der Waals surface area (Å²) in [5.41, 5.74) is 6.47. The van der Waals surface area contributed by atoms with Gasteiger partial charge in [-0.1, -0.05) is 30.3 Å². The van der Waals surface area contributed by atoms with Gasteiger partial charge in [-0.2, -0.15) is 0 Å². The van der Waals surface area contributed by atoms with E-state index in [0.717, 1.165) is 24.8 Å². The van der Waals surface area contributed by atoms with Crippen molar-refractivity contribution in [1.82, 2.24) is 4.90 Å². The van der Waals surface area contributed by atoms with E-state index in [-0.39, 0.29) is 12.1 Å². The molecular weight excluding hydrogens is 268 g/mol. The third-order valence-electron chi connectivity index (χ3n) is 3.90. The summed E-state index contributed by atoms with van der Waals surface area (Å²) in [6.45, 7) is 2.72. The zero-order valence-corrected chi connectivity index (χ0v) is 12.3. The van der Waals surface area contributed by atoms with Crippen molar-refractivity contribution in [3.63, 3.8) is 0 Å². The molecule has 0 saturated carbocycles. The number of amides is 2. The van der Waals surface area contributed by atoms with Crippen LogP contribution in [0.2, 0.25) is 0 Å². The molecule has 114 valence electrons. The number of carbonyl (C=O) groups excluding carboxylic acids is 2. The van der Waals surface area contributed by atoms with Crippen LogP contribution in [0.5, 0.6) is 0 Å². The number of piperidine rings is 1. The lowest BCUT2D eigenvalue weighted by atomic mass is 9.85. The average Bonchev–Trinajstić information content (AvgIpc) is 2.49. The fourth-order valence-electron chi connectivity index (χ4n) is 2.97. The maximum Gasteiger partial charge on any atom is 0.410 e. The Balaban J connectivity index is 2.28. The van der Waals surface area contributed by atoms with Crippen molar-refractivity contribution in [2.75, 3.05) is 13.2 Å². The second-order valence-electron chi connectivity index (χ2n) is 5.25. The van der Waals surface area contributed by atoms with E-state index < -0.39 is 11.8 Å². The minimum absolute atomic E-state index is 0.224. The van der Waals surface area contributed by atoms with Gasteiger partial charge in [-0.15, -0.1) is 0 Å². The number of primary amides is 1. The van der Waals surface area contributed by atoms with Gasteiger partial charge in [0, 0.05) is 6.54 Å². The zero-order chi connectivity index (χ0) is 15.2. The summed E-state index contributed by atoms with van der Waals surface area (Å²) in [5.74, 6) is -0.890. The Bertz CT molecular complexity index is 490. The van der Waals surface area contributed by atoms with Crippen molar-refractivity contribution < 1.29 is 14.3 Å². The van der Waals surface area contributed by atoms with Crippen molar-refractivity contribution in [3.8, 4) is 0 Å². The number of benzene rings is 1. The molecule has 1 aliphatic rings. The first kappa shape index (κ1) is 15.4. The average molecular weight is 290 g/mol. The van der Waals surface area contributed by atoms with Gasteiger partial charge in [0.2, 0.25) is 5.91 Å². The smallest absolute Gasteiger partial charge is 0.410 e. The van der Waals surface area contributed by atoms with E-state index in [0.29, 0.717) is 13.2 Å². The molecule has 1 saturated heterocycles. The molecular formula is C16H22N2O3. The van der Waals surface area contributed by atoms with Crippen LogP contribution in [0.15, 0.2) is 30.3 Å². The normalized spacial score (nSPS) is 19.9. The topological polar surface area (TPSA) is 72.6 Å². The molecule has 0 spiro atoms. The molecule has 1 fully saturated rings. The summed E-state index contributed by atoms with van der Waals surface area (Å²) in [6.07, 6.45) is 2.32. The van der Waals surface area contributed by atoms with Gasteiger partial charge in [-0.05, 0) is 31.7 Å². The Morgan fingerprint density at radius 3 is 2.67 bits per heavy atom. The van der Waals surface area contributed by atoms with E-state index in [1.54, 1.807) is 11.8 Å². The van der Waals surface area contributed by atoms with E-state index in [1.807, 2.05) is 30.3 Å². The van der Waals surface area contributed by atoms with Crippen LogP contribution in [0, 0.1) is 0 Å². The van der Waals surface area contributed by atoms with Crippen molar-refractivity contribution in [2.24, 2.45) is 5.73 Å². The van der Waals surface area contributed by atoms with Crippen molar-refractivity contribution in [3.05, 3.63) is 35.9 Å². The van der Waals surface area contributed by atoms with E-state index in [9.17, 15) is 9.59 Å². The lowest BCUT2D eigenvalue weighted by Gasteiger charge is -2.38. The minimum Gasteiger partial charge on any atom is -0.450 e. The van der Waals surface area contributed by atoms with Gasteiger partial charge in [0.05, 0.1) is 18.6 Å². The maximum atomic E-state index is 12.1. The molecule has 2 N–H and O–H groups in total. The molecule has 1 aromatic rings. The summed E-state index contributed by atoms with van der Waals surface area (Å²) in [7, 11) is 0.